The largest absolute Gasteiger partial charge is 0.494 e. The zero-order chi connectivity index (χ0) is 26.4. The number of hydrogen-bond donors (Lipinski definition) is 1. The van der Waals surface area contributed by atoms with Crippen LogP contribution in [0.15, 0.2) is 36.7 Å². The SMILES string of the molecule is COc1cc(OC)c(F)c(COc2cnc(Nc3ccc(OCC4CCN(C)CC4)c(F)c3)nc2)c1F. The normalized spacial score (nSPS) is 14.3. The van der Waals surface area contributed by atoms with Gasteiger partial charge in [0, 0.05) is 17.8 Å². The van der Waals surface area contributed by atoms with Gasteiger partial charge in [-0.15, -0.1) is 0 Å². The van der Waals surface area contributed by atoms with Gasteiger partial charge in [-0.05, 0) is 51.0 Å². The van der Waals surface area contributed by atoms with Crippen molar-refractivity contribution in [3.63, 3.8) is 0 Å². The number of hydrogen-bond acceptors (Lipinski definition) is 8. The molecule has 1 aliphatic heterocycles. The van der Waals surface area contributed by atoms with Crippen LogP contribution in [0.25, 0.3) is 0 Å². The molecular weight excluding hydrogens is 489 g/mol. The maximum Gasteiger partial charge on any atom is 0.227 e. The Balaban J connectivity index is 1.33. The predicted molar refractivity (Wildman–Crippen MR) is 131 cm³/mol. The van der Waals surface area contributed by atoms with Crippen molar-refractivity contribution in [1.82, 2.24) is 14.9 Å². The van der Waals surface area contributed by atoms with Crippen molar-refractivity contribution in [2.45, 2.75) is 19.4 Å². The maximum atomic E-state index is 14.6. The van der Waals surface area contributed by atoms with E-state index in [9.17, 15) is 13.2 Å². The van der Waals surface area contributed by atoms with E-state index >= 15 is 0 Å². The third-order valence-corrected chi connectivity index (χ3v) is 6.18. The quantitative estimate of drug-likeness (QED) is 0.404. The van der Waals surface area contributed by atoms with E-state index in [1.165, 1.54) is 32.7 Å². The first-order valence-corrected chi connectivity index (χ1v) is 11.8. The molecule has 1 saturated heterocycles. The number of nitrogens with one attached hydrogen (secondary N) is 1. The average Bonchev–Trinajstić information content (AvgIpc) is 2.90. The van der Waals surface area contributed by atoms with Gasteiger partial charge in [-0.3, -0.25) is 0 Å². The number of rotatable bonds is 10. The van der Waals surface area contributed by atoms with Crippen LogP contribution in [0.4, 0.5) is 24.8 Å². The van der Waals surface area contributed by atoms with Crippen molar-refractivity contribution >= 4 is 11.6 Å². The monoisotopic (exact) mass is 518 g/mol. The highest BCUT2D eigenvalue weighted by Crippen LogP contribution is 2.32. The van der Waals surface area contributed by atoms with Gasteiger partial charge in [0.1, 0.15) is 6.61 Å². The van der Waals surface area contributed by atoms with Gasteiger partial charge in [0.15, 0.2) is 40.4 Å². The van der Waals surface area contributed by atoms with Crippen LogP contribution in [0.2, 0.25) is 0 Å². The second kappa shape index (κ2) is 12.0. The average molecular weight is 519 g/mol. The Morgan fingerprint density at radius 1 is 0.919 bits per heavy atom. The highest BCUT2D eigenvalue weighted by Gasteiger charge is 2.21. The maximum absolute atomic E-state index is 14.6. The summed E-state index contributed by atoms with van der Waals surface area (Å²) in [5.74, 6) is -1.63. The summed E-state index contributed by atoms with van der Waals surface area (Å²) in [6.45, 7) is 2.09. The third-order valence-electron chi connectivity index (χ3n) is 6.18. The Morgan fingerprint density at radius 3 is 2.16 bits per heavy atom. The van der Waals surface area contributed by atoms with E-state index < -0.39 is 24.1 Å². The minimum Gasteiger partial charge on any atom is -0.494 e. The van der Waals surface area contributed by atoms with Gasteiger partial charge >= 0.3 is 0 Å². The van der Waals surface area contributed by atoms with Crippen LogP contribution in [-0.2, 0) is 6.61 Å². The number of likely N-dealkylation sites (tertiary alicyclic amines) is 1. The van der Waals surface area contributed by atoms with Crippen LogP contribution >= 0.6 is 0 Å². The van der Waals surface area contributed by atoms with E-state index in [-0.39, 0.29) is 34.5 Å². The summed E-state index contributed by atoms with van der Waals surface area (Å²) in [5, 5.41) is 2.90. The lowest BCUT2D eigenvalue weighted by atomic mass is 9.98. The Morgan fingerprint density at radius 2 is 1.57 bits per heavy atom. The summed E-state index contributed by atoms with van der Waals surface area (Å²) in [4.78, 5) is 10.5. The minimum absolute atomic E-state index is 0.168. The zero-order valence-electron chi connectivity index (χ0n) is 20.9. The van der Waals surface area contributed by atoms with Crippen LogP contribution in [0.1, 0.15) is 18.4 Å². The Kier molecular flexibility index (Phi) is 8.54. The van der Waals surface area contributed by atoms with Gasteiger partial charge in [0.25, 0.3) is 0 Å². The molecule has 1 fully saturated rings. The number of anilines is 2. The summed E-state index contributed by atoms with van der Waals surface area (Å²) in [7, 11) is 4.63. The van der Waals surface area contributed by atoms with E-state index in [0.29, 0.717) is 18.2 Å². The fraction of sp³-hybridized carbons (Fsp3) is 0.385. The number of nitrogens with zero attached hydrogens (tertiary/aromatic N) is 3. The summed E-state index contributed by atoms with van der Waals surface area (Å²) < 4.78 is 64.5. The second-order valence-corrected chi connectivity index (χ2v) is 8.75. The summed E-state index contributed by atoms with van der Waals surface area (Å²) in [6.07, 6.45) is 4.73. The molecule has 8 nitrogen and oxygen atoms in total. The first-order chi connectivity index (χ1) is 17.9. The standard InChI is InChI=1S/C26H29F3N4O4/c1-33-8-6-16(7-9-33)14-37-21-5-4-17(10-20(21)27)32-26-30-12-18(13-31-26)36-15-19-24(28)22(34-2)11-23(35-3)25(19)29/h4-5,10-13,16H,6-9,14-15H2,1-3H3,(H,30,31,32). The lowest BCUT2D eigenvalue weighted by Crippen LogP contribution is -2.32. The van der Waals surface area contributed by atoms with Crippen LogP contribution in [0.3, 0.4) is 0 Å². The molecule has 1 aromatic heterocycles. The van der Waals surface area contributed by atoms with E-state index in [4.69, 9.17) is 18.9 Å². The van der Waals surface area contributed by atoms with Gasteiger partial charge in [-0.2, -0.15) is 0 Å². The molecule has 0 radical (unpaired) electrons. The highest BCUT2D eigenvalue weighted by atomic mass is 19.1. The molecule has 0 amide bonds. The van der Waals surface area contributed by atoms with Crippen molar-refractivity contribution in [3.05, 3.63) is 59.7 Å². The molecule has 1 N–H and O–H groups in total. The van der Waals surface area contributed by atoms with Crippen LogP contribution in [-0.4, -0.2) is 55.8 Å². The number of piperidine rings is 1. The smallest absolute Gasteiger partial charge is 0.227 e. The number of aromatic nitrogens is 2. The molecule has 11 heteroatoms. The van der Waals surface area contributed by atoms with Crippen LogP contribution < -0.4 is 24.3 Å². The molecule has 3 aromatic rings. The van der Waals surface area contributed by atoms with E-state index in [2.05, 4.69) is 27.2 Å². The fourth-order valence-corrected chi connectivity index (χ4v) is 3.94. The van der Waals surface area contributed by atoms with Crippen molar-refractivity contribution in [2.75, 3.05) is 46.3 Å². The molecule has 0 saturated carbocycles. The minimum atomic E-state index is -0.888. The molecule has 1 aliphatic rings. The summed E-state index contributed by atoms with van der Waals surface area (Å²) in [6, 6.07) is 5.66. The lowest BCUT2D eigenvalue weighted by molar-refractivity contribution is 0.157. The van der Waals surface area contributed by atoms with Gasteiger partial charge in [-0.1, -0.05) is 0 Å². The molecule has 0 aliphatic carbocycles. The summed E-state index contributed by atoms with van der Waals surface area (Å²) in [5.41, 5.74) is 0.0810. The van der Waals surface area contributed by atoms with Crippen molar-refractivity contribution in [2.24, 2.45) is 5.92 Å². The molecule has 0 spiro atoms. The van der Waals surface area contributed by atoms with Crippen LogP contribution in [0, 0.1) is 23.4 Å². The molecule has 0 atom stereocenters. The molecule has 2 heterocycles. The molecule has 2 aromatic carbocycles. The zero-order valence-corrected chi connectivity index (χ0v) is 20.9. The van der Waals surface area contributed by atoms with Crippen molar-refractivity contribution < 1.29 is 32.1 Å². The molecule has 0 bridgehead atoms. The van der Waals surface area contributed by atoms with E-state index in [1.54, 1.807) is 12.1 Å². The molecule has 198 valence electrons. The van der Waals surface area contributed by atoms with Gasteiger partial charge in [0.05, 0.1) is 38.8 Å². The first kappa shape index (κ1) is 26.3. The Bertz CT molecular complexity index is 1180. The van der Waals surface area contributed by atoms with Crippen molar-refractivity contribution in [1.29, 1.82) is 0 Å². The Hall–Kier alpha value is -3.73. The molecule has 37 heavy (non-hydrogen) atoms. The number of methoxy groups -OCH3 is 2. The number of halogens is 3. The molecule has 0 unspecified atom stereocenters. The van der Waals surface area contributed by atoms with E-state index in [1.807, 2.05) is 0 Å². The first-order valence-electron chi connectivity index (χ1n) is 11.8. The van der Waals surface area contributed by atoms with Gasteiger partial charge < -0.3 is 29.2 Å². The second-order valence-electron chi connectivity index (χ2n) is 8.75. The topological polar surface area (TPSA) is 78.0 Å². The lowest BCUT2D eigenvalue weighted by Gasteiger charge is -2.28. The van der Waals surface area contributed by atoms with Gasteiger partial charge in [-0.25, -0.2) is 23.1 Å². The highest BCUT2D eigenvalue weighted by molar-refractivity contribution is 5.55. The summed E-state index contributed by atoms with van der Waals surface area (Å²) >= 11 is 0. The number of ether oxygens (including phenoxy) is 4. The van der Waals surface area contributed by atoms with Crippen molar-refractivity contribution in [3.8, 4) is 23.0 Å². The third kappa shape index (κ3) is 6.53. The Labute approximate surface area is 213 Å². The molecular formula is C26H29F3N4O4. The predicted octanol–water partition coefficient (Wildman–Crippen LogP) is 4.95. The number of benzene rings is 2. The fourth-order valence-electron chi connectivity index (χ4n) is 3.94. The van der Waals surface area contributed by atoms with E-state index in [0.717, 1.165) is 32.0 Å². The van der Waals surface area contributed by atoms with Gasteiger partial charge in [0.2, 0.25) is 5.95 Å². The molecule has 4 rings (SSSR count). The van der Waals surface area contributed by atoms with Crippen LogP contribution in [0.5, 0.6) is 23.0 Å².